The smallest absolute Gasteiger partial charge is 0.232 e. The van der Waals surface area contributed by atoms with Crippen molar-refractivity contribution in [1.82, 2.24) is 4.98 Å². The first-order valence-electron chi connectivity index (χ1n) is 8.34. The van der Waals surface area contributed by atoms with Crippen LogP contribution in [0.4, 0.5) is 17.2 Å². The van der Waals surface area contributed by atoms with Gasteiger partial charge in [0.15, 0.2) is 0 Å². The molecule has 5 nitrogen and oxygen atoms in total. The monoisotopic (exact) mass is 345 g/mol. The molecule has 0 saturated carbocycles. The second-order valence-corrected chi connectivity index (χ2v) is 8.07. The van der Waals surface area contributed by atoms with E-state index in [4.69, 9.17) is 0 Å². The van der Waals surface area contributed by atoms with Crippen molar-refractivity contribution in [3.05, 3.63) is 48.2 Å². The maximum atomic E-state index is 12.0. The second kappa shape index (κ2) is 6.81. The van der Waals surface area contributed by atoms with Gasteiger partial charge in [0.05, 0.1) is 17.6 Å². The van der Waals surface area contributed by atoms with Crippen LogP contribution in [-0.2, 0) is 16.4 Å². The van der Waals surface area contributed by atoms with Crippen LogP contribution in [0.1, 0.15) is 32.3 Å². The Kier molecular flexibility index (Phi) is 4.76. The summed E-state index contributed by atoms with van der Waals surface area (Å²) >= 11 is 0. The number of rotatable bonds is 6. The molecule has 0 spiro atoms. The molecule has 2 aromatic rings. The molecule has 0 saturated heterocycles. The van der Waals surface area contributed by atoms with Crippen molar-refractivity contribution in [3.8, 4) is 0 Å². The average molecular weight is 345 g/mol. The molecule has 128 valence electrons. The maximum Gasteiger partial charge on any atom is 0.232 e. The van der Waals surface area contributed by atoms with E-state index in [1.807, 2.05) is 19.1 Å². The molecular weight excluding hydrogens is 322 g/mol. The number of hydrogen-bond acceptors (Lipinski definition) is 4. The highest BCUT2D eigenvalue weighted by Gasteiger charge is 2.27. The number of nitrogens with one attached hydrogen (secondary N) is 1. The molecule has 6 heteroatoms. The van der Waals surface area contributed by atoms with E-state index in [9.17, 15) is 8.42 Å². The standard InChI is InChI=1S/C18H23N3O2S/c1-3-4-11-24(22,23)20-16-9-10-18(19-13-16)21-14(2)12-15-7-5-6-8-17(15)21/h5-10,13-14,20H,3-4,11-12H2,1-2H3. The minimum Gasteiger partial charge on any atom is -0.323 e. The first-order valence-corrected chi connectivity index (χ1v) is 9.99. The predicted molar refractivity (Wildman–Crippen MR) is 98.3 cm³/mol. The van der Waals surface area contributed by atoms with Crippen LogP contribution in [0.5, 0.6) is 0 Å². The predicted octanol–water partition coefficient (Wildman–Crippen LogP) is 3.71. The van der Waals surface area contributed by atoms with Crippen LogP contribution in [0.15, 0.2) is 42.6 Å². The van der Waals surface area contributed by atoms with Crippen LogP contribution >= 0.6 is 0 Å². The highest BCUT2D eigenvalue weighted by molar-refractivity contribution is 7.92. The quantitative estimate of drug-likeness (QED) is 0.867. The number of hydrogen-bond donors (Lipinski definition) is 1. The zero-order chi connectivity index (χ0) is 17.2. The topological polar surface area (TPSA) is 62.3 Å². The lowest BCUT2D eigenvalue weighted by atomic mass is 10.1. The molecule has 0 aliphatic carbocycles. The van der Waals surface area contributed by atoms with Gasteiger partial charge in [0.25, 0.3) is 0 Å². The van der Waals surface area contributed by atoms with Crippen LogP contribution in [0.25, 0.3) is 0 Å². The van der Waals surface area contributed by atoms with Gasteiger partial charge in [-0.2, -0.15) is 0 Å². The van der Waals surface area contributed by atoms with Gasteiger partial charge < -0.3 is 4.90 Å². The summed E-state index contributed by atoms with van der Waals surface area (Å²) in [6, 6.07) is 12.3. The fourth-order valence-electron chi connectivity index (χ4n) is 3.07. The van der Waals surface area contributed by atoms with E-state index < -0.39 is 10.0 Å². The number of fused-ring (bicyclic) bond motifs is 1. The highest BCUT2D eigenvalue weighted by Crippen LogP contribution is 2.37. The number of unbranched alkanes of at least 4 members (excludes halogenated alkanes) is 1. The van der Waals surface area contributed by atoms with Gasteiger partial charge in [-0.3, -0.25) is 4.72 Å². The molecule has 0 fully saturated rings. The van der Waals surface area contributed by atoms with Crippen molar-refractivity contribution in [2.75, 3.05) is 15.4 Å². The van der Waals surface area contributed by atoms with Crippen molar-refractivity contribution in [1.29, 1.82) is 0 Å². The first-order chi connectivity index (χ1) is 11.5. The lowest BCUT2D eigenvalue weighted by Gasteiger charge is -2.24. The number of para-hydroxylation sites is 1. The minimum absolute atomic E-state index is 0.141. The Morgan fingerprint density at radius 3 is 2.75 bits per heavy atom. The molecule has 24 heavy (non-hydrogen) atoms. The van der Waals surface area contributed by atoms with Crippen LogP contribution in [-0.4, -0.2) is 25.2 Å². The maximum absolute atomic E-state index is 12.0. The van der Waals surface area contributed by atoms with Crippen molar-refractivity contribution in [2.45, 2.75) is 39.2 Å². The molecular formula is C18H23N3O2S. The molecule has 2 heterocycles. The van der Waals surface area contributed by atoms with E-state index in [0.717, 1.165) is 18.7 Å². The number of nitrogens with zero attached hydrogens (tertiary/aromatic N) is 2. The van der Waals surface area contributed by atoms with Crippen molar-refractivity contribution in [3.63, 3.8) is 0 Å². The fraction of sp³-hybridized carbons (Fsp3) is 0.389. The molecule has 1 aliphatic heterocycles. The van der Waals surface area contributed by atoms with Gasteiger partial charge in [-0.05, 0) is 43.5 Å². The molecule has 1 N–H and O–H groups in total. The summed E-state index contributed by atoms with van der Waals surface area (Å²) in [5.41, 5.74) is 3.00. The largest absolute Gasteiger partial charge is 0.323 e. The van der Waals surface area contributed by atoms with Gasteiger partial charge in [-0.1, -0.05) is 31.5 Å². The second-order valence-electron chi connectivity index (χ2n) is 6.23. The summed E-state index contributed by atoms with van der Waals surface area (Å²) in [6.45, 7) is 4.14. The summed E-state index contributed by atoms with van der Waals surface area (Å²) < 4.78 is 26.5. The number of anilines is 3. The molecule has 1 unspecified atom stereocenters. The van der Waals surface area contributed by atoms with Gasteiger partial charge in [0.2, 0.25) is 10.0 Å². The van der Waals surface area contributed by atoms with Gasteiger partial charge in [0.1, 0.15) is 5.82 Å². The van der Waals surface area contributed by atoms with Crippen LogP contribution in [0, 0.1) is 0 Å². The van der Waals surface area contributed by atoms with Gasteiger partial charge in [-0.15, -0.1) is 0 Å². The van der Waals surface area contributed by atoms with E-state index >= 15 is 0 Å². The molecule has 1 aliphatic rings. The van der Waals surface area contributed by atoms with Crippen LogP contribution in [0.2, 0.25) is 0 Å². The number of aromatic nitrogens is 1. The Hall–Kier alpha value is -2.08. The van der Waals surface area contributed by atoms with E-state index in [-0.39, 0.29) is 5.75 Å². The third-order valence-electron chi connectivity index (χ3n) is 4.24. The summed E-state index contributed by atoms with van der Waals surface area (Å²) in [6.07, 6.45) is 4.09. The van der Waals surface area contributed by atoms with Gasteiger partial charge >= 0.3 is 0 Å². The van der Waals surface area contributed by atoms with Crippen molar-refractivity contribution in [2.24, 2.45) is 0 Å². The number of pyridine rings is 1. The van der Waals surface area contributed by atoms with Crippen molar-refractivity contribution >= 4 is 27.2 Å². The van der Waals surface area contributed by atoms with Gasteiger partial charge in [0, 0.05) is 11.7 Å². The molecule has 1 aromatic heterocycles. The number of benzene rings is 1. The normalized spacial score (nSPS) is 16.9. The Labute approximate surface area is 143 Å². The third-order valence-corrected chi connectivity index (χ3v) is 5.61. The van der Waals surface area contributed by atoms with Crippen LogP contribution < -0.4 is 9.62 Å². The van der Waals surface area contributed by atoms with E-state index in [0.29, 0.717) is 18.2 Å². The third kappa shape index (κ3) is 3.53. The Morgan fingerprint density at radius 2 is 2.04 bits per heavy atom. The zero-order valence-corrected chi connectivity index (χ0v) is 14.9. The zero-order valence-electron chi connectivity index (χ0n) is 14.1. The Balaban J connectivity index is 1.78. The van der Waals surface area contributed by atoms with E-state index in [2.05, 4.69) is 39.7 Å². The number of sulfonamides is 1. The highest BCUT2D eigenvalue weighted by atomic mass is 32.2. The first kappa shape index (κ1) is 16.8. The summed E-state index contributed by atoms with van der Waals surface area (Å²) in [4.78, 5) is 6.67. The molecule has 1 aromatic carbocycles. The fourth-order valence-corrected chi connectivity index (χ4v) is 4.32. The molecule has 0 radical (unpaired) electrons. The van der Waals surface area contributed by atoms with E-state index in [1.165, 1.54) is 11.3 Å². The Morgan fingerprint density at radius 1 is 1.25 bits per heavy atom. The van der Waals surface area contributed by atoms with Crippen molar-refractivity contribution < 1.29 is 8.42 Å². The summed E-state index contributed by atoms with van der Waals surface area (Å²) in [5, 5.41) is 0. The molecule has 0 bridgehead atoms. The molecule has 1 atom stereocenters. The molecule has 0 amide bonds. The molecule has 3 rings (SSSR count). The lowest BCUT2D eigenvalue weighted by molar-refractivity contribution is 0.598. The Bertz CT molecular complexity index is 803. The van der Waals surface area contributed by atoms with Gasteiger partial charge in [-0.25, -0.2) is 13.4 Å². The minimum atomic E-state index is -3.29. The van der Waals surface area contributed by atoms with E-state index in [1.54, 1.807) is 12.3 Å². The van der Waals surface area contributed by atoms with Crippen LogP contribution in [0.3, 0.4) is 0 Å². The average Bonchev–Trinajstić information content (AvgIpc) is 2.89. The summed E-state index contributed by atoms with van der Waals surface area (Å²) in [7, 11) is -3.29. The summed E-state index contributed by atoms with van der Waals surface area (Å²) in [5.74, 6) is 0.978. The lowest BCUT2D eigenvalue weighted by Crippen LogP contribution is -2.24. The SMILES string of the molecule is CCCCS(=O)(=O)Nc1ccc(N2c3ccccc3CC2C)nc1.